The van der Waals surface area contributed by atoms with Crippen LogP contribution >= 0.6 is 0 Å². The van der Waals surface area contributed by atoms with Crippen LogP contribution in [0.5, 0.6) is 0 Å². The standard InChI is InChI=1S/C18H32N2O/c1-5-17(2,3)15-8-7-14(12-19)16(11-15)20-10-6-9-18(4,21)13-20/h14-16,21H,5-11,13H2,1-4H3. The van der Waals surface area contributed by atoms with E-state index in [1.54, 1.807) is 0 Å². The molecule has 0 aromatic heterocycles. The van der Waals surface area contributed by atoms with Crippen LogP contribution in [0.15, 0.2) is 0 Å². The van der Waals surface area contributed by atoms with E-state index in [0.29, 0.717) is 17.4 Å². The SMILES string of the molecule is CCC(C)(C)C1CCC(C#N)C(N2CCCC(C)(O)C2)C1. The van der Waals surface area contributed by atoms with Gasteiger partial charge < -0.3 is 5.11 Å². The van der Waals surface area contributed by atoms with Gasteiger partial charge in [-0.05, 0) is 56.9 Å². The molecule has 3 nitrogen and oxygen atoms in total. The molecule has 1 saturated heterocycles. The third-order valence-electron chi connectivity index (χ3n) is 6.17. The zero-order chi connectivity index (χ0) is 15.7. The number of nitrogens with zero attached hydrogens (tertiary/aromatic N) is 2. The van der Waals surface area contributed by atoms with Crippen molar-refractivity contribution in [2.24, 2.45) is 17.3 Å². The lowest BCUT2D eigenvalue weighted by atomic mass is 9.65. The first-order chi connectivity index (χ1) is 9.79. The summed E-state index contributed by atoms with van der Waals surface area (Å²) in [5.41, 5.74) is -0.220. The van der Waals surface area contributed by atoms with Crippen molar-refractivity contribution in [3.05, 3.63) is 0 Å². The maximum atomic E-state index is 10.4. The van der Waals surface area contributed by atoms with Crippen molar-refractivity contribution in [1.82, 2.24) is 4.90 Å². The molecule has 2 fully saturated rings. The molecule has 21 heavy (non-hydrogen) atoms. The van der Waals surface area contributed by atoms with E-state index in [1.165, 1.54) is 12.8 Å². The van der Waals surface area contributed by atoms with Crippen LogP contribution < -0.4 is 0 Å². The first-order valence-electron chi connectivity index (χ1n) is 8.65. The van der Waals surface area contributed by atoms with Crippen LogP contribution in [0.3, 0.4) is 0 Å². The Kier molecular flexibility index (Phi) is 5.00. The van der Waals surface area contributed by atoms with Gasteiger partial charge in [0, 0.05) is 12.6 Å². The summed E-state index contributed by atoms with van der Waals surface area (Å²) in [6.07, 6.45) is 6.45. The number of hydrogen-bond acceptors (Lipinski definition) is 3. The molecule has 1 aliphatic heterocycles. The second kappa shape index (κ2) is 6.26. The van der Waals surface area contributed by atoms with Crippen LogP contribution in [0.2, 0.25) is 0 Å². The van der Waals surface area contributed by atoms with E-state index in [-0.39, 0.29) is 5.92 Å². The van der Waals surface area contributed by atoms with Gasteiger partial charge >= 0.3 is 0 Å². The molecule has 0 spiro atoms. The fourth-order valence-corrected chi connectivity index (χ4v) is 4.24. The van der Waals surface area contributed by atoms with Crippen molar-refractivity contribution in [3.63, 3.8) is 0 Å². The van der Waals surface area contributed by atoms with E-state index in [1.807, 2.05) is 6.92 Å². The number of nitriles is 1. The molecule has 4 unspecified atom stereocenters. The van der Waals surface area contributed by atoms with Crippen LogP contribution in [0.25, 0.3) is 0 Å². The van der Waals surface area contributed by atoms with Crippen molar-refractivity contribution < 1.29 is 5.11 Å². The van der Waals surface area contributed by atoms with Gasteiger partial charge in [-0.3, -0.25) is 4.90 Å². The van der Waals surface area contributed by atoms with Gasteiger partial charge in [-0.1, -0.05) is 27.2 Å². The Labute approximate surface area is 130 Å². The van der Waals surface area contributed by atoms with Gasteiger partial charge in [-0.2, -0.15) is 5.26 Å². The molecule has 1 N–H and O–H groups in total. The summed E-state index contributed by atoms with van der Waals surface area (Å²) in [4.78, 5) is 2.41. The molecule has 4 atom stereocenters. The molecule has 1 heterocycles. The Morgan fingerprint density at radius 1 is 1.38 bits per heavy atom. The van der Waals surface area contributed by atoms with Gasteiger partial charge in [-0.25, -0.2) is 0 Å². The Balaban J connectivity index is 2.12. The monoisotopic (exact) mass is 292 g/mol. The molecular weight excluding hydrogens is 260 g/mol. The summed E-state index contributed by atoms with van der Waals surface area (Å²) in [6.45, 7) is 10.7. The molecule has 0 aromatic rings. The van der Waals surface area contributed by atoms with Gasteiger partial charge in [0.05, 0.1) is 17.6 Å². The van der Waals surface area contributed by atoms with Crippen LogP contribution in [0, 0.1) is 28.6 Å². The van der Waals surface area contributed by atoms with E-state index in [4.69, 9.17) is 0 Å². The Bertz CT molecular complexity index is 397. The predicted octanol–water partition coefficient (Wildman–Crippen LogP) is 3.58. The Hall–Kier alpha value is -0.590. The highest BCUT2D eigenvalue weighted by molar-refractivity contribution is 5.01. The summed E-state index contributed by atoms with van der Waals surface area (Å²) in [7, 11) is 0. The smallest absolute Gasteiger partial charge is 0.0746 e. The highest BCUT2D eigenvalue weighted by Crippen LogP contribution is 2.44. The van der Waals surface area contributed by atoms with Gasteiger partial charge in [0.25, 0.3) is 0 Å². The summed E-state index contributed by atoms with van der Waals surface area (Å²) in [5, 5.41) is 19.9. The maximum Gasteiger partial charge on any atom is 0.0746 e. The molecule has 0 amide bonds. The molecule has 0 radical (unpaired) electrons. The van der Waals surface area contributed by atoms with Crippen LogP contribution in [-0.4, -0.2) is 34.7 Å². The van der Waals surface area contributed by atoms with Gasteiger partial charge in [0.1, 0.15) is 0 Å². The molecule has 1 saturated carbocycles. The minimum absolute atomic E-state index is 0.141. The minimum atomic E-state index is -0.578. The zero-order valence-electron chi connectivity index (χ0n) is 14.2. The number of aliphatic hydroxyl groups is 1. The second-order valence-electron chi connectivity index (χ2n) is 8.23. The van der Waals surface area contributed by atoms with Gasteiger partial charge in [0.15, 0.2) is 0 Å². The molecule has 2 aliphatic rings. The topological polar surface area (TPSA) is 47.3 Å². The first kappa shape index (κ1) is 16.8. The molecule has 2 rings (SSSR count). The summed E-state index contributed by atoms with van der Waals surface area (Å²) >= 11 is 0. The molecule has 120 valence electrons. The fraction of sp³-hybridized carbons (Fsp3) is 0.944. The van der Waals surface area contributed by atoms with Crippen molar-refractivity contribution in [2.75, 3.05) is 13.1 Å². The third kappa shape index (κ3) is 3.79. The lowest BCUT2D eigenvalue weighted by Crippen LogP contribution is -2.54. The number of β-amino-alcohol motifs (C(OH)–C–C–N with tert-alkyl or cyclic N) is 1. The quantitative estimate of drug-likeness (QED) is 0.865. The van der Waals surface area contributed by atoms with E-state index in [9.17, 15) is 10.4 Å². The normalized spacial score (nSPS) is 39.0. The second-order valence-corrected chi connectivity index (χ2v) is 8.23. The number of piperidine rings is 1. The lowest BCUT2D eigenvalue weighted by molar-refractivity contribution is -0.0508. The lowest BCUT2D eigenvalue weighted by Gasteiger charge is -2.48. The largest absolute Gasteiger partial charge is 0.389 e. The predicted molar refractivity (Wildman–Crippen MR) is 85.7 cm³/mol. The highest BCUT2D eigenvalue weighted by atomic mass is 16.3. The average molecular weight is 292 g/mol. The molecule has 0 bridgehead atoms. The van der Waals surface area contributed by atoms with E-state index in [2.05, 4.69) is 31.7 Å². The van der Waals surface area contributed by atoms with Crippen LogP contribution in [0.1, 0.15) is 66.2 Å². The summed E-state index contributed by atoms with van der Waals surface area (Å²) in [6, 6.07) is 2.88. The molecular formula is C18H32N2O. The maximum absolute atomic E-state index is 10.4. The average Bonchev–Trinajstić information content (AvgIpc) is 2.45. The number of likely N-dealkylation sites (tertiary alicyclic amines) is 1. The summed E-state index contributed by atoms with van der Waals surface area (Å²) < 4.78 is 0. The summed E-state index contributed by atoms with van der Waals surface area (Å²) in [5.74, 6) is 0.840. The van der Waals surface area contributed by atoms with Gasteiger partial charge in [0.2, 0.25) is 0 Å². The molecule has 1 aliphatic carbocycles. The first-order valence-corrected chi connectivity index (χ1v) is 8.65. The Morgan fingerprint density at radius 2 is 2.10 bits per heavy atom. The van der Waals surface area contributed by atoms with Gasteiger partial charge in [-0.15, -0.1) is 0 Å². The van der Waals surface area contributed by atoms with E-state index >= 15 is 0 Å². The Morgan fingerprint density at radius 3 is 2.67 bits per heavy atom. The highest BCUT2D eigenvalue weighted by Gasteiger charge is 2.42. The number of hydrogen-bond donors (Lipinski definition) is 1. The third-order valence-corrected chi connectivity index (χ3v) is 6.17. The van der Waals surface area contributed by atoms with Crippen LogP contribution in [0.4, 0.5) is 0 Å². The minimum Gasteiger partial charge on any atom is -0.389 e. The van der Waals surface area contributed by atoms with E-state index < -0.39 is 5.60 Å². The van der Waals surface area contributed by atoms with Crippen molar-refractivity contribution in [3.8, 4) is 6.07 Å². The molecule has 3 heteroatoms. The fourth-order valence-electron chi connectivity index (χ4n) is 4.24. The van der Waals surface area contributed by atoms with Crippen molar-refractivity contribution >= 4 is 0 Å². The van der Waals surface area contributed by atoms with Crippen molar-refractivity contribution in [2.45, 2.75) is 77.9 Å². The van der Waals surface area contributed by atoms with Crippen LogP contribution in [-0.2, 0) is 0 Å². The molecule has 0 aromatic carbocycles. The van der Waals surface area contributed by atoms with Crippen molar-refractivity contribution in [1.29, 1.82) is 5.26 Å². The zero-order valence-corrected chi connectivity index (χ0v) is 14.2. The van der Waals surface area contributed by atoms with E-state index in [0.717, 1.165) is 38.8 Å². The number of rotatable bonds is 3.